The molecule has 0 aromatic rings. The maximum absolute atomic E-state index is 9.02. The third-order valence-corrected chi connectivity index (χ3v) is 1.48. The van der Waals surface area contributed by atoms with Crippen molar-refractivity contribution >= 4 is 0 Å². The van der Waals surface area contributed by atoms with E-state index in [2.05, 4.69) is 6.08 Å². The van der Waals surface area contributed by atoms with E-state index in [0.717, 1.165) is 19.3 Å². The Morgan fingerprint density at radius 1 is 1.33 bits per heavy atom. The molecule has 1 heteroatoms. The van der Waals surface area contributed by atoms with Gasteiger partial charge in [-0.25, -0.2) is 0 Å². The van der Waals surface area contributed by atoms with Gasteiger partial charge in [0, 0.05) is 6.42 Å². The maximum Gasteiger partial charge on any atom is 0.0922 e. The van der Waals surface area contributed by atoms with Gasteiger partial charge in [0.05, 0.1) is 5.76 Å². The second kappa shape index (κ2) is 3.33. The quantitative estimate of drug-likeness (QED) is 0.526. The monoisotopic (exact) mass is 124 g/mol. The minimum atomic E-state index is 0.519. The third-order valence-electron chi connectivity index (χ3n) is 1.48. The van der Waals surface area contributed by atoms with E-state index in [1.165, 1.54) is 6.42 Å². The SMILES string of the molecule is O/C1=C/C=C\CCCC1. The molecular formula is C8H12O. The van der Waals surface area contributed by atoms with Gasteiger partial charge < -0.3 is 5.11 Å². The molecule has 0 bridgehead atoms. The molecule has 0 amide bonds. The first-order valence-electron chi connectivity index (χ1n) is 3.44. The highest BCUT2D eigenvalue weighted by atomic mass is 16.3. The van der Waals surface area contributed by atoms with Crippen LogP contribution < -0.4 is 0 Å². The van der Waals surface area contributed by atoms with Crippen LogP contribution in [0.1, 0.15) is 25.7 Å². The molecule has 0 saturated carbocycles. The molecule has 9 heavy (non-hydrogen) atoms. The summed E-state index contributed by atoms with van der Waals surface area (Å²) in [5.74, 6) is 0.519. The van der Waals surface area contributed by atoms with E-state index >= 15 is 0 Å². The summed E-state index contributed by atoms with van der Waals surface area (Å²) < 4.78 is 0. The Labute approximate surface area is 55.7 Å². The van der Waals surface area contributed by atoms with Crippen molar-refractivity contribution in [2.45, 2.75) is 25.7 Å². The number of rotatable bonds is 0. The van der Waals surface area contributed by atoms with E-state index in [9.17, 15) is 0 Å². The lowest BCUT2D eigenvalue weighted by Gasteiger charge is -2.00. The minimum absolute atomic E-state index is 0.519. The molecule has 0 radical (unpaired) electrons. The van der Waals surface area contributed by atoms with Gasteiger partial charge in [-0.05, 0) is 25.3 Å². The van der Waals surface area contributed by atoms with Gasteiger partial charge in [-0.3, -0.25) is 0 Å². The van der Waals surface area contributed by atoms with E-state index in [4.69, 9.17) is 5.11 Å². The molecule has 0 aromatic carbocycles. The number of hydrogen-bond donors (Lipinski definition) is 1. The number of allylic oxidation sites excluding steroid dienone is 4. The van der Waals surface area contributed by atoms with E-state index < -0.39 is 0 Å². The molecule has 0 aliphatic heterocycles. The molecule has 0 saturated heterocycles. The van der Waals surface area contributed by atoms with Gasteiger partial charge >= 0.3 is 0 Å². The fourth-order valence-electron chi connectivity index (χ4n) is 0.927. The zero-order valence-corrected chi connectivity index (χ0v) is 5.51. The molecule has 0 atom stereocenters. The summed E-state index contributed by atoms with van der Waals surface area (Å²) in [6.07, 6.45) is 10.1. The molecule has 50 valence electrons. The Bertz CT molecular complexity index is 134. The van der Waals surface area contributed by atoms with Crippen molar-refractivity contribution in [3.63, 3.8) is 0 Å². The van der Waals surface area contributed by atoms with Crippen LogP contribution >= 0.6 is 0 Å². The molecule has 1 aliphatic carbocycles. The Morgan fingerprint density at radius 2 is 2.22 bits per heavy atom. The molecule has 1 rings (SSSR count). The lowest BCUT2D eigenvalue weighted by Crippen LogP contribution is -1.83. The Kier molecular flexibility index (Phi) is 2.37. The van der Waals surface area contributed by atoms with Crippen LogP contribution in [0.5, 0.6) is 0 Å². The van der Waals surface area contributed by atoms with Crippen LogP contribution in [0, 0.1) is 0 Å². The largest absolute Gasteiger partial charge is 0.512 e. The lowest BCUT2D eigenvalue weighted by molar-refractivity contribution is 0.381. The third kappa shape index (κ3) is 2.36. The summed E-state index contributed by atoms with van der Waals surface area (Å²) in [5, 5.41) is 9.02. The Balaban J connectivity index is 2.48. The molecule has 0 aromatic heterocycles. The minimum Gasteiger partial charge on any atom is -0.512 e. The summed E-state index contributed by atoms with van der Waals surface area (Å²) in [7, 11) is 0. The average molecular weight is 124 g/mol. The van der Waals surface area contributed by atoms with Gasteiger partial charge in [-0.2, -0.15) is 0 Å². The van der Waals surface area contributed by atoms with Crippen LogP contribution in [0.3, 0.4) is 0 Å². The zero-order chi connectivity index (χ0) is 6.53. The molecular weight excluding hydrogens is 112 g/mol. The predicted octanol–water partition coefficient (Wildman–Crippen LogP) is 2.56. The Morgan fingerprint density at radius 3 is 3.11 bits per heavy atom. The highest BCUT2D eigenvalue weighted by molar-refractivity contribution is 5.07. The standard InChI is InChI=1S/C8H12O/c9-8-6-4-2-1-3-5-7-8/h2,4,6,9H,1,3,5,7H2/b4-2-,8-6+. The smallest absolute Gasteiger partial charge is 0.0922 e. The van der Waals surface area contributed by atoms with Gasteiger partial charge in [0.25, 0.3) is 0 Å². The van der Waals surface area contributed by atoms with Crippen molar-refractivity contribution in [1.29, 1.82) is 0 Å². The van der Waals surface area contributed by atoms with Crippen molar-refractivity contribution in [3.05, 3.63) is 24.0 Å². The summed E-state index contributed by atoms with van der Waals surface area (Å²) in [6, 6.07) is 0. The molecule has 0 spiro atoms. The lowest BCUT2D eigenvalue weighted by atomic mass is 10.1. The number of aliphatic hydroxyl groups excluding tert-OH is 1. The van der Waals surface area contributed by atoms with E-state index in [1.54, 1.807) is 6.08 Å². The van der Waals surface area contributed by atoms with Crippen LogP contribution in [-0.2, 0) is 0 Å². The highest BCUT2D eigenvalue weighted by Gasteiger charge is 1.93. The topological polar surface area (TPSA) is 20.2 Å². The second-order valence-corrected chi connectivity index (χ2v) is 2.33. The normalized spacial score (nSPS) is 29.6. The first-order chi connectivity index (χ1) is 4.39. The fraction of sp³-hybridized carbons (Fsp3) is 0.500. The van der Waals surface area contributed by atoms with Crippen molar-refractivity contribution in [2.75, 3.05) is 0 Å². The molecule has 1 N–H and O–H groups in total. The van der Waals surface area contributed by atoms with E-state index in [0.29, 0.717) is 5.76 Å². The van der Waals surface area contributed by atoms with Crippen LogP contribution in [0.25, 0.3) is 0 Å². The van der Waals surface area contributed by atoms with Crippen molar-refractivity contribution in [2.24, 2.45) is 0 Å². The van der Waals surface area contributed by atoms with Gasteiger partial charge in [-0.15, -0.1) is 0 Å². The van der Waals surface area contributed by atoms with Crippen molar-refractivity contribution in [3.8, 4) is 0 Å². The van der Waals surface area contributed by atoms with E-state index in [-0.39, 0.29) is 0 Å². The molecule has 0 heterocycles. The van der Waals surface area contributed by atoms with Crippen LogP contribution in [0.2, 0.25) is 0 Å². The number of hydrogen-bond acceptors (Lipinski definition) is 1. The molecule has 1 nitrogen and oxygen atoms in total. The first kappa shape index (κ1) is 6.40. The van der Waals surface area contributed by atoms with Gasteiger partial charge in [0.1, 0.15) is 0 Å². The summed E-state index contributed by atoms with van der Waals surface area (Å²) in [5.41, 5.74) is 0. The molecule has 0 fully saturated rings. The zero-order valence-electron chi connectivity index (χ0n) is 5.51. The van der Waals surface area contributed by atoms with Gasteiger partial charge in [0.15, 0.2) is 0 Å². The summed E-state index contributed by atoms with van der Waals surface area (Å²) in [6.45, 7) is 0. The van der Waals surface area contributed by atoms with Crippen LogP contribution in [0.4, 0.5) is 0 Å². The summed E-state index contributed by atoms with van der Waals surface area (Å²) in [4.78, 5) is 0. The van der Waals surface area contributed by atoms with Gasteiger partial charge in [0.2, 0.25) is 0 Å². The van der Waals surface area contributed by atoms with Gasteiger partial charge in [-0.1, -0.05) is 12.2 Å². The average Bonchev–Trinajstić information content (AvgIpc) is 1.79. The van der Waals surface area contributed by atoms with Crippen LogP contribution in [0.15, 0.2) is 24.0 Å². The molecule has 0 unspecified atom stereocenters. The highest BCUT2D eigenvalue weighted by Crippen LogP contribution is 2.09. The van der Waals surface area contributed by atoms with Crippen molar-refractivity contribution < 1.29 is 5.11 Å². The van der Waals surface area contributed by atoms with E-state index in [1.807, 2.05) is 6.08 Å². The maximum atomic E-state index is 9.02. The summed E-state index contributed by atoms with van der Waals surface area (Å²) >= 11 is 0. The second-order valence-electron chi connectivity index (χ2n) is 2.33. The Hall–Kier alpha value is -0.720. The van der Waals surface area contributed by atoms with Crippen LogP contribution in [-0.4, -0.2) is 5.11 Å². The van der Waals surface area contributed by atoms with Crippen molar-refractivity contribution in [1.82, 2.24) is 0 Å². The fourth-order valence-corrected chi connectivity index (χ4v) is 0.927. The molecule has 1 aliphatic rings. The predicted molar refractivity (Wildman–Crippen MR) is 38.3 cm³/mol. The number of aliphatic hydroxyl groups is 1. The first-order valence-corrected chi connectivity index (χ1v) is 3.44.